The van der Waals surface area contributed by atoms with Crippen LogP contribution in [0.5, 0.6) is 0 Å². The summed E-state index contributed by atoms with van der Waals surface area (Å²) >= 11 is 1.64. The Kier molecular flexibility index (Phi) is 3.49. The molecule has 0 unspecified atom stereocenters. The molecule has 0 radical (unpaired) electrons. The van der Waals surface area contributed by atoms with Crippen LogP contribution in [0.4, 0.5) is 0 Å². The Morgan fingerprint density at radius 3 is 2.78 bits per heavy atom. The molecular formula is C15H16N2S. The number of thiazole rings is 1. The second kappa shape index (κ2) is 4.91. The smallest absolute Gasteiger partial charge is 0.123 e. The Balaban J connectivity index is 2.27. The summed E-state index contributed by atoms with van der Waals surface area (Å²) in [6.07, 6.45) is 0.974. The normalized spacial score (nSPS) is 11.2. The lowest BCUT2D eigenvalue weighted by Gasteiger charge is -2.15. The number of benzene rings is 1. The van der Waals surface area contributed by atoms with Crippen LogP contribution in [0.15, 0.2) is 29.6 Å². The van der Waals surface area contributed by atoms with E-state index in [-0.39, 0.29) is 5.41 Å². The Bertz CT molecular complexity index is 585. The molecule has 0 aliphatic heterocycles. The molecule has 2 aromatic rings. The number of nitriles is 1. The molecule has 2 rings (SSSR count). The van der Waals surface area contributed by atoms with Crippen molar-refractivity contribution in [2.45, 2.75) is 27.2 Å². The molecule has 0 fully saturated rings. The van der Waals surface area contributed by atoms with E-state index >= 15 is 0 Å². The van der Waals surface area contributed by atoms with Crippen LogP contribution in [0.1, 0.15) is 32.0 Å². The van der Waals surface area contributed by atoms with Gasteiger partial charge in [0, 0.05) is 10.9 Å². The molecule has 1 aromatic carbocycles. The molecule has 3 heteroatoms. The molecule has 0 spiro atoms. The fourth-order valence-corrected chi connectivity index (χ4v) is 2.60. The molecule has 1 heterocycles. The molecule has 18 heavy (non-hydrogen) atoms. The van der Waals surface area contributed by atoms with Gasteiger partial charge in [0.15, 0.2) is 0 Å². The molecule has 2 nitrogen and oxygen atoms in total. The first kappa shape index (κ1) is 12.8. The molecular weight excluding hydrogens is 240 g/mol. The lowest BCUT2D eigenvalue weighted by atomic mass is 9.91. The maximum absolute atomic E-state index is 8.90. The highest BCUT2D eigenvalue weighted by Crippen LogP contribution is 2.27. The average molecular weight is 256 g/mol. The van der Waals surface area contributed by atoms with E-state index in [2.05, 4.69) is 37.2 Å². The minimum Gasteiger partial charge on any atom is -0.241 e. The van der Waals surface area contributed by atoms with E-state index in [0.29, 0.717) is 5.56 Å². The first-order chi connectivity index (χ1) is 8.48. The number of rotatable bonds is 2. The zero-order chi connectivity index (χ0) is 13.2. The highest BCUT2D eigenvalue weighted by molar-refractivity contribution is 7.13. The fraction of sp³-hybridized carbons (Fsp3) is 0.333. The minimum absolute atomic E-state index is 0.250. The summed E-state index contributed by atoms with van der Waals surface area (Å²) in [5.74, 6) is 0. The van der Waals surface area contributed by atoms with Gasteiger partial charge >= 0.3 is 0 Å². The molecule has 0 N–H and O–H groups in total. The standard InChI is InChI=1S/C15H16N2S/c1-15(2,3)8-13-10-18-14(17-13)12-6-4-5-11(7-12)9-16/h4-7,10H,8H2,1-3H3. The van der Waals surface area contributed by atoms with Gasteiger partial charge in [-0.25, -0.2) is 4.98 Å². The van der Waals surface area contributed by atoms with Crippen LogP contribution in [0.3, 0.4) is 0 Å². The van der Waals surface area contributed by atoms with E-state index in [1.807, 2.05) is 24.3 Å². The quantitative estimate of drug-likeness (QED) is 0.804. The van der Waals surface area contributed by atoms with Crippen molar-refractivity contribution in [3.05, 3.63) is 40.9 Å². The van der Waals surface area contributed by atoms with E-state index in [1.54, 1.807) is 11.3 Å². The number of hydrogen-bond donors (Lipinski definition) is 0. The second-order valence-corrected chi connectivity index (χ2v) is 6.43. The third-order valence-corrected chi connectivity index (χ3v) is 3.44. The lowest BCUT2D eigenvalue weighted by molar-refractivity contribution is 0.407. The van der Waals surface area contributed by atoms with Gasteiger partial charge in [-0.05, 0) is 24.0 Å². The highest BCUT2D eigenvalue weighted by atomic mass is 32.1. The van der Waals surface area contributed by atoms with E-state index in [0.717, 1.165) is 22.7 Å². The van der Waals surface area contributed by atoms with Gasteiger partial charge < -0.3 is 0 Å². The molecule has 0 aliphatic carbocycles. The van der Waals surface area contributed by atoms with Crippen molar-refractivity contribution in [1.29, 1.82) is 5.26 Å². The number of nitrogens with zero attached hydrogens (tertiary/aromatic N) is 2. The maximum atomic E-state index is 8.90. The van der Waals surface area contributed by atoms with E-state index < -0.39 is 0 Å². The topological polar surface area (TPSA) is 36.7 Å². The van der Waals surface area contributed by atoms with Crippen LogP contribution >= 0.6 is 11.3 Å². The Hall–Kier alpha value is -1.66. The Morgan fingerprint density at radius 2 is 2.11 bits per heavy atom. The van der Waals surface area contributed by atoms with Gasteiger partial charge in [0.25, 0.3) is 0 Å². The second-order valence-electron chi connectivity index (χ2n) is 5.57. The summed E-state index contributed by atoms with van der Waals surface area (Å²) in [7, 11) is 0. The third-order valence-electron chi connectivity index (χ3n) is 2.50. The SMILES string of the molecule is CC(C)(C)Cc1csc(-c2cccc(C#N)c2)n1. The monoisotopic (exact) mass is 256 g/mol. The molecule has 0 bridgehead atoms. The first-order valence-electron chi connectivity index (χ1n) is 5.93. The van der Waals surface area contributed by atoms with Crippen molar-refractivity contribution in [3.63, 3.8) is 0 Å². The van der Waals surface area contributed by atoms with Crippen molar-refractivity contribution < 1.29 is 0 Å². The van der Waals surface area contributed by atoms with Gasteiger partial charge in [-0.15, -0.1) is 11.3 Å². The highest BCUT2D eigenvalue weighted by Gasteiger charge is 2.14. The lowest BCUT2D eigenvalue weighted by Crippen LogP contribution is -2.09. The van der Waals surface area contributed by atoms with Crippen LogP contribution < -0.4 is 0 Å². The summed E-state index contributed by atoms with van der Waals surface area (Å²) in [5, 5.41) is 12.0. The fourth-order valence-electron chi connectivity index (χ4n) is 1.79. The number of hydrogen-bond acceptors (Lipinski definition) is 3. The Morgan fingerprint density at radius 1 is 1.33 bits per heavy atom. The zero-order valence-electron chi connectivity index (χ0n) is 10.9. The summed E-state index contributed by atoms with van der Waals surface area (Å²) in [5.41, 5.74) is 3.09. The maximum Gasteiger partial charge on any atom is 0.123 e. The van der Waals surface area contributed by atoms with Crippen molar-refractivity contribution >= 4 is 11.3 Å². The third kappa shape index (κ3) is 3.18. The van der Waals surface area contributed by atoms with Gasteiger partial charge in [-0.1, -0.05) is 32.9 Å². The van der Waals surface area contributed by atoms with Crippen molar-refractivity contribution in [1.82, 2.24) is 4.98 Å². The van der Waals surface area contributed by atoms with Crippen molar-refractivity contribution in [2.24, 2.45) is 5.41 Å². The largest absolute Gasteiger partial charge is 0.241 e. The van der Waals surface area contributed by atoms with Crippen LogP contribution in [-0.2, 0) is 6.42 Å². The molecule has 0 amide bonds. The first-order valence-corrected chi connectivity index (χ1v) is 6.81. The summed E-state index contributed by atoms with van der Waals surface area (Å²) < 4.78 is 0. The molecule has 92 valence electrons. The van der Waals surface area contributed by atoms with E-state index in [4.69, 9.17) is 5.26 Å². The number of aromatic nitrogens is 1. The molecule has 1 aromatic heterocycles. The van der Waals surface area contributed by atoms with Gasteiger partial charge in [0.1, 0.15) is 5.01 Å². The summed E-state index contributed by atoms with van der Waals surface area (Å²) in [6, 6.07) is 9.76. The average Bonchev–Trinajstić information content (AvgIpc) is 2.75. The van der Waals surface area contributed by atoms with Crippen molar-refractivity contribution in [3.8, 4) is 16.6 Å². The van der Waals surface area contributed by atoms with Gasteiger partial charge in [-0.2, -0.15) is 5.26 Å². The molecule has 0 aliphatic rings. The van der Waals surface area contributed by atoms with Gasteiger partial charge in [-0.3, -0.25) is 0 Å². The molecule has 0 atom stereocenters. The summed E-state index contributed by atoms with van der Waals surface area (Å²) in [4.78, 5) is 4.65. The van der Waals surface area contributed by atoms with E-state index in [9.17, 15) is 0 Å². The van der Waals surface area contributed by atoms with Gasteiger partial charge in [0.2, 0.25) is 0 Å². The Labute approximate surface area is 112 Å². The van der Waals surface area contributed by atoms with Crippen LogP contribution in [-0.4, -0.2) is 4.98 Å². The predicted molar refractivity (Wildman–Crippen MR) is 75.4 cm³/mol. The van der Waals surface area contributed by atoms with Crippen molar-refractivity contribution in [2.75, 3.05) is 0 Å². The molecule has 0 saturated carbocycles. The van der Waals surface area contributed by atoms with E-state index in [1.165, 1.54) is 0 Å². The minimum atomic E-state index is 0.250. The van der Waals surface area contributed by atoms with Crippen LogP contribution in [0, 0.1) is 16.7 Å². The predicted octanol–water partition coefficient (Wildman–Crippen LogP) is 4.27. The van der Waals surface area contributed by atoms with Crippen LogP contribution in [0.2, 0.25) is 0 Å². The molecule has 0 saturated heterocycles. The van der Waals surface area contributed by atoms with Crippen LogP contribution in [0.25, 0.3) is 10.6 Å². The summed E-state index contributed by atoms with van der Waals surface area (Å²) in [6.45, 7) is 6.63. The zero-order valence-corrected chi connectivity index (χ0v) is 11.7. The van der Waals surface area contributed by atoms with Gasteiger partial charge in [0.05, 0.1) is 17.3 Å².